The van der Waals surface area contributed by atoms with E-state index in [-0.39, 0.29) is 19.1 Å². The van der Waals surface area contributed by atoms with E-state index in [2.05, 4.69) is 11.4 Å². The number of hydrogen-bond acceptors (Lipinski definition) is 7. The van der Waals surface area contributed by atoms with Gasteiger partial charge in [0.1, 0.15) is 17.5 Å². The molecule has 9 heteroatoms. The molecule has 1 aromatic carbocycles. The van der Waals surface area contributed by atoms with E-state index in [1.54, 1.807) is 7.11 Å². The van der Waals surface area contributed by atoms with Gasteiger partial charge in [-0.1, -0.05) is 24.3 Å². The Bertz CT molecular complexity index is 1340. The van der Waals surface area contributed by atoms with Crippen LogP contribution in [0, 0.1) is 5.92 Å². The number of nitrogens with one attached hydrogen (secondary N) is 1. The highest BCUT2D eigenvalue weighted by atomic mass is 19.3. The van der Waals surface area contributed by atoms with Gasteiger partial charge in [0.25, 0.3) is 5.92 Å². The molecule has 0 spiro atoms. The topological polar surface area (TPSA) is 72.9 Å². The molecule has 0 bridgehead atoms. The largest absolute Gasteiger partial charge is 0.459 e. The first-order chi connectivity index (χ1) is 21.3. The zero-order valence-corrected chi connectivity index (χ0v) is 27.9. The van der Waals surface area contributed by atoms with Gasteiger partial charge in [0.05, 0.1) is 18.3 Å². The van der Waals surface area contributed by atoms with Crippen molar-refractivity contribution in [3.8, 4) is 0 Å². The first kappa shape index (κ1) is 33.7. The third-order valence-corrected chi connectivity index (χ3v) is 9.69. The Morgan fingerprint density at radius 1 is 1.13 bits per heavy atom. The number of anilines is 1. The van der Waals surface area contributed by atoms with Gasteiger partial charge in [-0.2, -0.15) is 0 Å². The number of pyridine rings is 1. The Kier molecular flexibility index (Phi) is 10.2. The van der Waals surface area contributed by atoms with E-state index < -0.39 is 35.1 Å². The summed E-state index contributed by atoms with van der Waals surface area (Å²) in [4.78, 5) is 20.5. The normalized spacial score (nSPS) is 21.5. The van der Waals surface area contributed by atoms with Crippen LogP contribution in [-0.4, -0.2) is 65.8 Å². The van der Waals surface area contributed by atoms with Crippen LogP contribution in [0.25, 0.3) is 0 Å². The SMILES string of the molecule is COC(C)(C)C1Cc2c(cccc2C(C(=O)OC(C)(C)C)N2CC[C@@H](C(F)(F)CCCCc3ccc4c(n3)NCCC4)C2)CO1. The van der Waals surface area contributed by atoms with Gasteiger partial charge in [-0.25, -0.2) is 18.6 Å². The number of ether oxygens (including phenoxy) is 3. The summed E-state index contributed by atoms with van der Waals surface area (Å²) in [5, 5.41) is 3.35. The molecule has 45 heavy (non-hydrogen) atoms. The first-order valence-electron chi connectivity index (χ1n) is 16.6. The number of nitrogens with zero attached hydrogens (tertiary/aromatic N) is 2. The average molecular weight is 628 g/mol. The molecule has 2 unspecified atom stereocenters. The van der Waals surface area contributed by atoms with Crippen LogP contribution >= 0.6 is 0 Å². The fourth-order valence-electron chi connectivity index (χ4n) is 6.88. The van der Waals surface area contributed by atoms with Gasteiger partial charge in [-0.15, -0.1) is 0 Å². The third-order valence-electron chi connectivity index (χ3n) is 9.69. The van der Waals surface area contributed by atoms with Gasteiger partial charge in [-0.05, 0) is 108 Å². The van der Waals surface area contributed by atoms with Crippen molar-refractivity contribution in [2.24, 2.45) is 5.92 Å². The summed E-state index contributed by atoms with van der Waals surface area (Å²) >= 11 is 0. The Hall–Kier alpha value is -2.62. The summed E-state index contributed by atoms with van der Waals surface area (Å²) < 4.78 is 49.2. The van der Waals surface area contributed by atoms with Gasteiger partial charge in [0.15, 0.2) is 0 Å². The van der Waals surface area contributed by atoms with Crippen molar-refractivity contribution in [1.82, 2.24) is 9.88 Å². The molecule has 1 N–H and O–H groups in total. The molecule has 1 saturated heterocycles. The van der Waals surface area contributed by atoms with Gasteiger partial charge in [0, 0.05) is 44.7 Å². The number of carbonyl (C=O) groups excluding carboxylic acids is 1. The number of aromatic nitrogens is 1. The molecular formula is C36H51F2N3O4. The molecule has 0 aliphatic carbocycles. The predicted octanol–water partition coefficient (Wildman–Crippen LogP) is 7.06. The van der Waals surface area contributed by atoms with E-state index in [0.717, 1.165) is 47.6 Å². The minimum absolute atomic E-state index is 0.141. The summed E-state index contributed by atoms with van der Waals surface area (Å²) in [6.07, 6.45) is 4.43. The molecule has 1 fully saturated rings. The van der Waals surface area contributed by atoms with Crippen LogP contribution in [0.3, 0.4) is 0 Å². The average Bonchev–Trinajstić information content (AvgIpc) is 3.49. The molecule has 3 atom stereocenters. The molecule has 248 valence electrons. The third kappa shape index (κ3) is 8.03. The van der Waals surface area contributed by atoms with E-state index in [1.165, 1.54) is 5.56 Å². The monoisotopic (exact) mass is 627 g/mol. The summed E-state index contributed by atoms with van der Waals surface area (Å²) in [6, 6.07) is 9.26. The van der Waals surface area contributed by atoms with E-state index in [0.29, 0.717) is 45.3 Å². The molecule has 0 saturated carbocycles. The van der Waals surface area contributed by atoms with Crippen molar-refractivity contribution < 1.29 is 27.8 Å². The van der Waals surface area contributed by atoms with Crippen LogP contribution in [0.1, 0.15) is 101 Å². The second-order valence-corrected chi connectivity index (χ2v) is 14.5. The maximum Gasteiger partial charge on any atom is 0.328 e. The van der Waals surface area contributed by atoms with E-state index in [9.17, 15) is 4.79 Å². The van der Waals surface area contributed by atoms with Gasteiger partial charge in [-0.3, -0.25) is 4.90 Å². The van der Waals surface area contributed by atoms with Crippen LogP contribution in [0.5, 0.6) is 0 Å². The number of methoxy groups -OCH3 is 1. The van der Waals surface area contributed by atoms with E-state index in [1.807, 2.05) is 63.8 Å². The van der Waals surface area contributed by atoms with E-state index in [4.69, 9.17) is 19.2 Å². The number of aryl methyl sites for hydroxylation is 2. The van der Waals surface area contributed by atoms with Crippen LogP contribution < -0.4 is 5.32 Å². The van der Waals surface area contributed by atoms with Crippen molar-refractivity contribution in [2.75, 3.05) is 32.1 Å². The number of likely N-dealkylation sites (tertiary alicyclic amines) is 1. The van der Waals surface area contributed by atoms with Crippen molar-refractivity contribution in [3.05, 3.63) is 58.3 Å². The van der Waals surface area contributed by atoms with Gasteiger partial charge >= 0.3 is 5.97 Å². The van der Waals surface area contributed by atoms with Crippen molar-refractivity contribution >= 4 is 11.8 Å². The Balaban J connectivity index is 1.28. The van der Waals surface area contributed by atoms with Crippen LogP contribution in [-0.2, 0) is 44.9 Å². The minimum atomic E-state index is -2.82. The second-order valence-electron chi connectivity index (χ2n) is 14.5. The lowest BCUT2D eigenvalue weighted by Crippen LogP contribution is -2.44. The number of rotatable bonds is 11. The number of fused-ring (bicyclic) bond motifs is 2. The predicted molar refractivity (Wildman–Crippen MR) is 172 cm³/mol. The van der Waals surface area contributed by atoms with Crippen molar-refractivity contribution in [3.63, 3.8) is 0 Å². The molecule has 7 nitrogen and oxygen atoms in total. The summed E-state index contributed by atoms with van der Waals surface area (Å²) in [6.45, 7) is 11.4. The summed E-state index contributed by atoms with van der Waals surface area (Å²) in [7, 11) is 1.67. The lowest BCUT2D eigenvalue weighted by molar-refractivity contribution is -0.162. The summed E-state index contributed by atoms with van der Waals surface area (Å²) in [5.74, 6) is -3.10. The number of esters is 1. The molecule has 0 amide bonds. The Morgan fingerprint density at radius 3 is 2.69 bits per heavy atom. The maximum atomic E-state index is 15.7. The molecule has 1 aromatic heterocycles. The first-order valence-corrected chi connectivity index (χ1v) is 16.6. The Labute approximate surface area is 267 Å². The van der Waals surface area contributed by atoms with E-state index >= 15 is 8.78 Å². The number of carbonyl (C=O) groups is 1. The van der Waals surface area contributed by atoms with Gasteiger partial charge in [0.2, 0.25) is 0 Å². The number of hydrogen-bond donors (Lipinski definition) is 1. The molecule has 2 aromatic rings. The molecule has 0 radical (unpaired) electrons. The van der Waals surface area contributed by atoms with Crippen molar-refractivity contribution in [2.45, 2.75) is 122 Å². The quantitative estimate of drug-likeness (QED) is 0.211. The molecular weight excluding hydrogens is 576 g/mol. The smallest absolute Gasteiger partial charge is 0.328 e. The zero-order valence-electron chi connectivity index (χ0n) is 27.9. The highest BCUT2D eigenvalue weighted by Gasteiger charge is 2.47. The molecule has 4 heterocycles. The van der Waals surface area contributed by atoms with Crippen LogP contribution in [0.4, 0.5) is 14.6 Å². The molecule has 3 aliphatic heterocycles. The number of alkyl halides is 2. The number of benzene rings is 1. The lowest BCUT2D eigenvalue weighted by atomic mass is 9.85. The van der Waals surface area contributed by atoms with Gasteiger partial charge < -0.3 is 19.5 Å². The van der Waals surface area contributed by atoms with Crippen LogP contribution in [0.15, 0.2) is 30.3 Å². The maximum absolute atomic E-state index is 15.7. The fraction of sp³-hybridized carbons (Fsp3) is 0.667. The highest BCUT2D eigenvalue weighted by molar-refractivity contribution is 5.79. The molecule has 5 rings (SSSR count). The molecule has 3 aliphatic rings. The minimum Gasteiger partial charge on any atom is -0.459 e. The number of halogens is 2. The second kappa shape index (κ2) is 13.6. The Morgan fingerprint density at radius 2 is 1.93 bits per heavy atom. The summed E-state index contributed by atoms with van der Waals surface area (Å²) in [5.41, 5.74) is 3.80. The standard InChI is InChI=1S/C36H51F2N3O4/c1-34(2,3)45-33(42)31(28-14-9-11-25-23-44-30(21-29(25)28)35(4,5)43-6)41-20-17-26(22-41)36(37,38)18-8-7-13-27-16-15-24-12-10-19-39-32(24)40-27/h9,11,14-16,26,30-31H,7-8,10,12-13,17-23H2,1-6H3,(H,39,40)/t26-,30?,31?/m1/s1. The highest BCUT2D eigenvalue weighted by Crippen LogP contribution is 2.42. The number of unbranched alkanes of at least 4 members (excludes halogenated alkanes) is 1. The van der Waals surface area contributed by atoms with Crippen LogP contribution in [0.2, 0.25) is 0 Å². The lowest BCUT2D eigenvalue weighted by Gasteiger charge is -2.38. The zero-order chi connectivity index (χ0) is 32.4. The van der Waals surface area contributed by atoms with Crippen molar-refractivity contribution in [1.29, 1.82) is 0 Å². The fourth-order valence-corrected chi connectivity index (χ4v) is 6.88.